The summed E-state index contributed by atoms with van der Waals surface area (Å²) in [6.07, 6.45) is 0.296. The quantitative estimate of drug-likeness (QED) is 0.851. The summed E-state index contributed by atoms with van der Waals surface area (Å²) in [5.41, 5.74) is 0.362. The zero-order chi connectivity index (χ0) is 12.8. The van der Waals surface area contributed by atoms with Gasteiger partial charge in [-0.2, -0.15) is 5.26 Å². The maximum absolute atomic E-state index is 13.0. The number of benzene rings is 1. The predicted octanol–water partition coefficient (Wildman–Crippen LogP) is 2.26. The van der Waals surface area contributed by atoms with Gasteiger partial charge in [0, 0.05) is 13.1 Å². The highest BCUT2D eigenvalue weighted by molar-refractivity contribution is 5.94. The molecule has 0 radical (unpaired) electrons. The summed E-state index contributed by atoms with van der Waals surface area (Å²) >= 11 is 0. The molecule has 17 heavy (non-hydrogen) atoms. The Kier molecular flexibility index (Phi) is 4.46. The molecule has 5 heteroatoms. The van der Waals surface area contributed by atoms with Crippen molar-refractivity contribution >= 4 is 11.7 Å². The van der Waals surface area contributed by atoms with Crippen LogP contribution in [0.3, 0.4) is 0 Å². The molecule has 0 heterocycles. The highest BCUT2D eigenvalue weighted by atomic mass is 19.1. The van der Waals surface area contributed by atoms with Crippen LogP contribution in [0.4, 0.5) is 10.1 Å². The number of carbonyl (C=O) groups is 1. The minimum atomic E-state index is -1.17. The van der Waals surface area contributed by atoms with Crippen LogP contribution in [0, 0.1) is 17.1 Å². The molecule has 1 N–H and O–H groups in total. The molecule has 1 aromatic carbocycles. The summed E-state index contributed by atoms with van der Waals surface area (Å²) in [7, 11) is 0. The van der Waals surface area contributed by atoms with Crippen LogP contribution < -0.4 is 4.90 Å². The van der Waals surface area contributed by atoms with Crippen molar-refractivity contribution in [2.24, 2.45) is 0 Å². The standard InChI is InChI=1S/C12H13FN2O2/c1-2-15(7-3-6-14)11-5-4-9(13)8-10(11)12(16)17/h4-5,8H,2-3,7H2,1H3,(H,16,17). The van der Waals surface area contributed by atoms with E-state index in [1.165, 1.54) is 12.1 Å². The van der Waals surface area contributed by atoms with Gasteiger partial charge in [-0.1, -0.05) is 0 Å². The largest absolute Gasteiger partial charge is 0.478 e. The van der Waals surface area contributed by atoms with E-state index in [9.17, 15) is 9.18 Å². The molecule has 1 aromatic rings. The molecule has 0 amide bonds. The lowest BCUT2D eigenvalue weighted by atomic mass is 10.1. The summed E-state index contributed by atoms with van der Waals surface area (Å²) in [5.74, 6) is -1.75. The molecule has 4 nitrogen and oxygen atoms in total. The Hall–Kier alpha value is -2.09. The predicted molar refractivity (Wildman–Crippen MR) is 61.5 cm³/mol. The SMILES string of the molecule is CCN(CCC#N)c1ccc(F)cc1C(=O)O. The van der Waals surface area contributed by atoms with E-state index in [0.29, 0.717) is 25.2 Å². The van der Waals surface area contributed by atoms with E-state index in [1.54, 1.807) is 4.90 Å². The molecule has 0 spiro atoms. The molecular formula is C12H13FN2O2. The Morgan fingerprint density at radius 3 is 2.82 bits per heavy atom. The van der Waals surface area contributed by atoms with Gasteiger partial charge in [0.2, 0.25) is 0 Å². The van der Waals surface area contributed by atoms with Crippen molar-refractivity contribution in [2.75, 3.05) is 18.0 Å². The van der Waals surface area contributed by atoms with Crippen LogP contribution in [-0.2, 0) is 0 Å². The van der Waals surface area contributed by atoms with Crippen LogP contribution in [0.15, 0.2) is 18.2 Å². The average molecular weight is 236 g/mol. The topological polar surface area (TPSA) is 64.3 Å². The van der Waals surface area contributed by atoms with Gasteiger partial charge in [0.05, 0.1) is 23.7 Å². The number of halogens is 1. The van der Waals surface area contributed by atoms with Gasteiger partial charge in [-0.05, 0) is 25.1 Å². The third-order valence-electron chi connectivity index (χ3n) is 2.40. The Labute approximate surface area is 98.9 Å². The summed E-state index contributed by atoms with van der Waals surface area (Å²) in [5, 5.41) is 17.5. The number of carboxylic acids is 1. The molecule has 0 aromatic heterocycles. The van der Waals surface area contributed by atoms with E-state index in [1.807, 2.05) is 13.0 Å². The van der Waals surface area contributed by atoms with Crippen LogP contribution >= 0.6 is 0 Å². The fourth-order valence-corrected chi connectivity index (χ4v) is 1.59. The number of rotatable bonds is 5. The monoisotopic (exact) mass is 236 g/mol. The summed E-state index contributed by atoms with van der Waals surface area (Å²) in [4.78, 5) is 12.8. The molecule has 0 saturated heterocycles. The summed E-state index contributed by atoms with van der Waals surface area (Å²) < 4.78 is 13.0. The normalized spacial score (nSPS) is 9.71. The van der Waals surface area contributed by atoms with E-state index in [2.05, 4.69) is 0 Å². The van der Waals surface area contributed by atoms with Gasteiger partial charge in [-0.3, -0.25) is 0 Å². The van der Waals surface area contributed by atoms with Crippen LogP contribution in [0.1, 0.15) is 23.7 Å². The van der Waals surface area contributed by atoms with Crippen molar-refractivity contribution in [3.05, 3.63) is 29.6 Å². The summed E-state index contributed by atoms with van der Waals surface area (Å²) in [6, 6.07) is 5.64. The van der Waals surface area contributed by atoms with Crippen LogP contribution in [0.2, 0.25) is 0 Å². The van der Waals surface area contributed by atoms with Crippen molar-refractivity contribution in [3.8, 4) is 6.07 Å². The van der Waals surface area contributed by atoms with Gasteiger partial charge in [0.1, 0.15) is 5.82 Å². The molecular weight excluding hydrogens is 223 g/mol. The Morgan fingerprint density at radius 1 is 1.59 bits per heavy atom. The van der Waals surface area contributed by atoms with Crippen molar-refractivity contribution in [1.29, 1.82) is 5.26 Å². The summed E-state index contributed by atoms with van der Waals surface area (Å²) in [6.45, 7) is 2.85. The first kappa shape index (κ1) is 13.0. The fraction of sp³-hybridized carbons (Fsp3) is 0.333. The van der Waals surface area contributed by atoms with Gasteiger partial charge in [0.25, 0.3) is 0 Å². The van der Waals surface area contributed by atoms with E-state index >= 15 is 0 Å². The first-order valence-electron chi connectivity index (χ1n) is 5.25. The Morgan fingerprint density at radius 2 is 2.29 bits per heavy atom. The molecule has 1 rings (SSSR count). The molecule has 0 fully saturated rings. The molecule has 0 saturated carbocycles. The lowest BCUT2D eigenvalue weighted by Crippen LogP contribution is -2.25. The van der Waals surface area contributed by atoms with Crippen LogP contribution in [-0.4, -0.2) is 24.2 Å². The number of anilines is 1. The van der Waals surface area contributed by atoms with Crippen molar-refractivity contribution in [3.63, 3.8) is 0 Å². The molecule has 0 aliphatic rings. The number of hydrogen-bond donors (Lipinski definition) is 1. The maximum Gasteiger partial charge on any atom is 0.337 e. The zero-order valence-electron chi connectivity index (χ0n) is 9.48. The molecule has 0 aliphatic heterocycles. The fourth-order valence-electron chi connectivity index (χ4n) is 1.59. The van der Waals surface area contributed by atoms with E-state index in [4.69, 9.17) is 10.4 Å². The second-order valence-corrected chi connectivity index (χ2v) is 3.45. The second kappa shape index (κ2) is 5.85. The molecule has 90 valence electrons. The van der Waals surface area contributed by atoms with Gasteiger partial charge < -0.3 is 10.0 Å². The molecule has 0 unspecified atom stereocenters. The first-order chi connectivity index (χ1) is 8.10. The highest BCUT2D eigenvalue weighted by Crippen LogP contribution is 2.22. The number of aromatic carboxylic acids is 1. The van der Waals surface area contributed by atoms with E-state index < -0.39 is 11.8 Å². The average Bonchev–Trinajstić information content (AvgIpc) is 2.31. The number of nitrogens with zero attached hydrogens (tertiary/aromatic N) is 2. The van der Waals surface area contributed by atoms with Crippen molar-refractivity contribution < 1.29 is 14.3 Å². The van der Waals surface area contributed by atoms with E-state index in [0.717, 1.165) is 6.07 Å². The third kappa shape index (κ3) is 3.18. The maximum atomic E-state index is 13.0. The number of nitriles is 1. The van der Waals surface area contributed by atoms with Crippen LogP contribution in [0.5, 0.6) is 0 Å². The van der Waals surface area contributed by atoms with Gasteiger partial charge >= 0.3 is 5.97 Å². The van der Waals surface area contributed by atoms with Crippen molar-refractivity contribution in [2.45, 2.75) is 13.3 Å². The molecule has 0 bridgehead atoms. The lowest BCUT2D eigenvalue weighted by Gasteiger charge is -2.23. The van der Waals surface area contributed by atoms with Gasteiger partial charge in [0.15, 0.2) is 0 Å². The minimum absolute atomic E-state index is 0.0789. The number of hydrogen-bond acceptors (Lipinski definition) is 3. The first-order valence-corrected chi connectivity index (χ1v) is 5.25. The van der Waals surface area contributed by atoms with Crippen LogP contribution in [0.25, 0.3) is 0 Å². The van der Waals surface area contributed by atoms with E-state index in [-0.39, 0.29) is 5.56 Å². The Bertz CT molecular complexity index is 454. The third-order valence-corrected chi connectivity index (χ3v) is 2.40. The second-order valence-electron chi connectivity index (χ2n) is 3.45. The molecule has 0 atom stereocenters. The Balaban J connectivity index is 3.10. The highest BCUT2D eigenvalue weighted by Gasteiger charge is 2.15. The molecule has 0 aliphatic carbocycles. The van der Waals surface area contributed by atoms with Crippen molar-refractivity contribution in [1.82, 2.24) is 0 Å². The van der Waals surface area contributed by atoms with Gasteiger partial charge in [-0.25, -0.2) is 9.18 Å². The lowest BCUT2D eigenvalue weighted by molar-refractivity contribution is 0.0697. The van der Waals surface area contributed by atoms with Gasteiger partial charge in [-0.15, -0.1) is 0 Å². The number of carboxylic acid groups (broad SMARTS) is 1. The minimum Gasteiger partial charge on any atom is -0.478 e. The smallest absolute Gasteiger partial charge is 0.337 e. The zero-order valence-corrected chi connectivity index (χ0v) is 9.48.